The quantitative estimate of drug-likeness (QED) is 0.364. The predicted octanol–water partition coefficient (Wildman–Crippen LogP) is 5.68. The van der Waals surface area contributed by atoms with E-state index in [9.17, 15) is 5.11 Å². The molecule has 1 heterocycles. The van der Waals surface area contributed by atoms with E-state index < -0.39 is 6.10 Å². The van der Waals surface area contributed by atoms with Gasteiger partial charge in [0.05, 0.1) is 25.5 Å². The lowest BCUT2D eigenvalue weighted by Crippen LogP contribution is -2.04. The van der Waals surface area contributed by atoms with Crippen LogP contribution < -0.4 is 9.47 Å². The highest BCUT2D eigenvalue weighted by Gasteiger charge is 2.18. The van der Waals surface area contributed by atoms with E-state index in [0.29, 0.717) is 25.4 Å². The van der Waals surface area contributed by atoms with Gasteiger partial charge in [0, 0.05) is 23.5 Å². The summed E-state index contributed by atoms with van der Waals surface area (Å²) in [5, 5.41) is 20.7. The van der Waals surface area contributed by atoms with Gasteiger partial charge in [-0.25, -0.2) is 4.98 Å². The van der Waals surface area contributed by atoms with Crippen molar-refractivity contribution in [2.75, 3.05) is 20.3 Å². The smallest absolute Gasteiger partial charge is 0.123 e. The molecule has 0 spiro atoms. The van der Waals surface area contributed by atoms with Gasteiger partial charge in [0.15, 0.2) is 0 Å². The molecule has 32 heavy (non-hydrogen) atoms. The maximum absolute atomic E-state index is 10.8. The molecule has 0 saturated heterocycles. The zero-order chi connectivity index (χ0) is 23.1. The van der Waals surface area contributed by atoms with Gasteiger partial charge in [0.2, 0.25) is 0 Å². The van der Waals surface area contributed by atoms with E-state index in [4.69, 9.17) is 19.6 Å². The first kappa shape index (κ1) is 24.2. The van der Waals surface area contributed by atoms with Gasteiger partial charge >= 0.3 is 0 Å². The Bertz CT molecular complexity index is 998. The van der Waals surface area contributed by atoms with Crippen LogP contribution in [-0.2, 0) is 6.42 Å². The van der Waals surface area contributed by atoms with Crippen LogP contribution in [0.1, 0.15) is 60.4 Å². The first-order valence-corrected chi connectivity index (χ1v) is 11.9. The maximum Gasteiger partial charge on any atom is 0.123 e. The molecule has 1 unspecified atom stereocenters. The summed E-state index contributed by atoms with van der Waals surface area (Å²) in [4.78, 5) is 6.14. The molecule has 2 N–H and O–H groups in total. The van der Waals surface area contributed by atoms with Gasteiger partial charge < -0.3 is 19.7 Å². The van der Waals surface area contributed by atoms with Crippen molar-refractivity contribution in [3.63, 3.8) is 0 Å². The van der Waals surface area contributed by atoms with E-state index >= 15 is 0 Å². The minimum absolute atomic E-state index is 0.117. The van der Waals surface area contributed by atoms with Gasteiger partial charge in [0.25, 0.3) is 0 Å². The van der Waals surface area contributed by atoms with Crippen LogP contribution in [0.5, 0.6) is 11.5 Å². The van der Waals surface area contributed by atoms with Crippen LogP contribution in [0.25, 0.3) is 10.6 Å². The third-order valence-corrected chi connectivity index (χ3v) is 6.58. The summed E-state index contributed by atoms with van der Waals surface area (Å²) in [7, 11) is 1.66. The first-order valence-electron chi connectivity index (χ1n) is 11.1. The highest BCUT2D eigenvalue weighted by molar-refractivity contribution is 7.15. The van der Waals surface area contributed by atoms with Crippen LogP contribution in [-0.4, -0.2) is 35.5 Å². The third kappa shape index (κ3) is 6.09. The second-order valence-corrected chi connectivity index (χ2v) is 9.30. The van der Waals surface area contributed by atoms with Crippen molar-refractivity contribution in [3.8, 4) is 22.1 Å². The molecule has 0 saturated carbocycles. The van der Waals surface area contributed by atoms with Crippen LogP contribution in [0, 0.1) is 6.92 Å². The number of aliphatic hydroxyl groups excluding tert-OH is 2. The van der Waals surface area contributed by atoms with Crippen molar-refractivity contribution in [1.82, 2.24) is 4.98 Å². The molecular formula is C26H33NO4S. The summed E-state index contributed by atoms with van der Waals surface area (Å²) >= 11 is 1.70. The van der Waals surface area contributed by atoms with Crippen LogP contribution in [0.2, 0.25) is 0 Å². The van der Waals surface area contributed by atoms with E-state index in [1.807, 2.05) is 49.4 Å². The number of benzene rings is 2. The third-order valence-electron chi connectivity index (χ3n) is 5.40. The molecule has 5 nitrogen and oxygen atoms in total. The van der Waals surface area contributed by atoms with Crippen molar-refractivity contribution < 1.29 is 19.7 Å². The fourth-order valence-electron chi connectivity index (χ4n) is 3.57. The van der Waals surface area contributed by atoms with Gasteiger partial charge in [-0.15, -0.1) is 11.3 Å². The molecule has 1 atom stereocenters. The number of nitrogens with zero attached hydrogens (tertiary/aromatic N) is 1. The molecule has 0 aliphatic heterocycles. The number of aliphatic hydroxyl groups is 2. The Hall–Kier alpha value is -2.41. The minimum Gasteiger partial charge on any atom is -0.497 e. The largest absolute Gasteiger partial charge is 0.497 e. The Morgan fingerprint density at radius 1 is 1.09 bits per heavy atom. The molecule has 172 valence electrons. The van der Waals surface area contributed by atoms with Gasteiger partial charge in [-0.05, 0) is 73.2 Å². The molecule has 0 bridgehead atoms. The monoisotopic (exact) mass is 455 g/mol. The molecule has 3 aromatic rings. The van der Waals surface area contributed by atoms with Crippen LogP contribution in [0.3, 0.4) is 0 Å². The van der Waals surface area contributed by atoms with Crippen LogP contribution in [0.15, 0.2) is 42.5 Å². The first-order chi connectivity index (χ1) is 15.4. The van der Waals surface area contributed by atoms with E-state index in [-0.39, 0.29) is 6.61 Å². The fourth-order valence-corrected chi connectivity index (χ4v) is 4.81. The van der Waals surface area contributed by atoms with E-state index in [1.54, 1.807) is 18.4 Å². The SMILES string of the molecule is COc1ccc(-c2nc(C(C)C)c(CCC(O)c3ccc(OCCCO)c(C)c3)s2)cc1. The second kappa shape index (κ2) is 11.5. The van der Waals surface area contributed by atoms with E-state index in [1.165, 1.54) is 4.88 Å². The van der Waals surface area contributed by atoms with Crippen molar-refractivity contribution in [2.24, 2.45) is 0 Å². The number of hydrogen-bond donors (Lipinski definition) is 2. The molecule has 0 fully saturated rings. The normalized spacial score (nSPS) is 12.2. The van der Waals surface area contributed by atoms with E-state index in [0.717, 1.165) is 45.3 Å². The summed E-state index contributed by atoms with van der Waals surface area (Å²) < 4.78 is 10.9. The number of aryl methyl sites for hydroxylation is 2. The molecule has 0 radical (unpaired) electrons. The van der Waals surface area contributed by atoms with Gasteiger partial charge in [0.1, 0.15) is 16.5 Å². The molecule has 6 heteroatoms. The average molecular weight is 456 g/mol. The molecule has 0 amide bonds. The summed E-state index contributed by atoms with van der Waals surface area (Å²) in [6, 6.07) is 13.8. The highest BCUT2D eigenvalue weighted by atomic mass is 32.1. The average Bonchev–Trinajstić information content (AvgIpc) is 3.23. The molecule has 0 aliphatic rings. The van der Waals surface area contributed by atoms with Gasteiger partial charge in [-0.3, -0.25) is 0 Å². The zero-order valence-electron chi connectivity index (χ0n) is 19.3. The Morgan fingerprint density at radius 3 is 2.47 bits per heavy atom. The van der Waals surface area contributed by atoms with Crippen molar-refractivity contribution in [1.29, 1.82) is 0 Å². The van der Waals surface area contributed by atoms with Gasteiger partial charge in [-0.2, -0.15) is 0 Å². The Balaban J connectivity index is 1.70. The van der Waals surface area contributed by atoms with Crippen molar-refractivity contribution >= 4 is 11.3 Å². The van der Waals surface area contributed by atoms with Gasteiger partial charge in [-0.1, -0.05) is 19.9 Å². The molecule has 3 rings (SSSR count). The summed E-state index contributed by atoms with van der Waals surface area (Å²) in [6.07, 6.45) is 1.46. The number of hydrogen-bond acceptors (Lipinski definition) is 6. The lowest BCUT2D eigenvalue weighted by Gasteiger charge is -2.14. The molecule has 2 aromatic carbocycles. The number of thiazole rings is 1. The fraction of sp³-hybridized carbons (Fsp3) is 0.423. The number of ether oxygens (including phenoxy) is 2. The van der Waals surface area contributed by atoms with Crippen LogP contribution in [0.4, 0.5) is 0 Å². The number of methoxy groups -OCH3 is 1. The zero-order valence-corrected chi connectivity index (χ0v) is 20.1. The second-order valence-electron chi connectivity index (χ2n) is 8.22. The van der Waals surface area contributed by atoms with Crippen molar-refractivity contribution in [2.45, 2.75) is 52.1 Å². The molecular weight excluding hydrogens is 422 g/mol. The minimum atomic E-state index is -0.549. The Kier molecular flexibility index (Phi) is 8.67. The Morgan fingerprint density at radius 2 is 1.84 bits per heavy atom. The molecule has 0 aliphatic carbocycles. The van der Waals surface area contributed by atoms with Crippen LogP contribution >= 0.6 is 11.3 Å². The van der Waals surface area contributed by atoms with Crippen molar-refractivity contribution in [3.05, 3.63) is 64.2 Å². The summed E-state index contributed by atoms with van der Waals surface area (Å²) in [5.41, 5.74) is 4.07. The highest BCUT2D eigenvalue weighted by Crippen LogP contribution is 2.35. The topological polar surface area (TPSA) is 71.8 Å². The standard InChI is InChI=1S/C26H33NO4S/c1-17(2)25-24(32-26(27-25)19-6-9-21(30-4)10-7-19)13-11-22(29)20-8-12-23(18(3)16-20)31-15-5-14-28/h6-10,12,16-17,22,28-29H,5,11,13-15H2,1-4H3. The lowest BCUT2D eigenvalue weighted by atomic mass is 10.00. The van der Waals surface area contributed by atoms with E-state index in [2.05, 4.69) is 13.8 Å². The summed E-state index contributed by atoms with van der Waals surface area (Å²) in [6.45, 7) is 6.90. The number of rotatable bonds is 11. The predicted molar refractivity (Wildman–Crippen MR) is 130 cm³/mol. The maximum atomic E-state index is 10.8. The number of aromatic nitrogens is 1. The molecule has 1 aromatic heterocycles. The lowest BCUT2D eigenvalue weighted by molar-refractivity contribution is 0.168. The Labute approximate surface area is 194 Å². The summed E-state index contributed by atoms with van der Waals surface area (Å²) in [5.74, 6) is 1.95.